The van der Waals surface area contributed by atoms with Crippen LogP contribution in [0.2, 0.25) is 0 Å². The number of hydrogen-bond acceptors (Lipinski definition) is 5. The molecular formula is C8H11N3O4S. The highest BCUT2D eigenvalue weighted by molar-refractivity contribution is 7.89. The van der Waals surface area contributed by atoms with Crippen LogP contribution in [0.5, 0.6) is 0 Å². The first-order valence-electron chi connectivity index (χ1n) is 4.37. The Bertz CT molecular complexity index is 486. The first-order valence-corrected chi connectivity index (χ1v) is 6.09. The number of primary sulfonamides is 1. The standard InChI is InChI=1S/C8H11N3O4S/c9-16(14,15)5-4-10-7-2-1-3-8(6-7)11(12)13/h1-3,6,10H,4-5H2,(H2,9,14,15). The van der Waals surface area contributed by atoms with E-state index < -0.39 is 14.9 Å². The van der Waals surface area contributed by atoms with Gasteiger partial charge in [-0.05, 0) is 6.07 Å². The van der Waals surface area contributed by atoms with Gasteiger partial charge >= 0.3 is 0 Å². The van der Waals surface area contributed by atoms with Crippen molar-refractivity contribution in [1.82, 2.24) is 0 Å². The van der Waals surface area contributed by atoms with Crippen LogP contribution in [0.4, 0.5) is 11.4 Å². The van der Waals surface area contributed by atoms with Crippen molar-refractivity contribution >= 4 is 21.4 Å². The zero-order chi connectivity index (χ0) is 12.2. The summed E-state index contributed by atoms with van der Waals surface area (Å²) in [7, 11) is -3.52. The number of nitrogens with two attached hydrogens (primary N) is 1. The molecule has 88 valence electrons. The molecule has 0 fully saturated rings. The first-order chi connectivity index (χ1) is 7.38. The lowest BCUT2D eigenvalue weighted by atomic mass is 10.3. The van der Waals surface area contributed by atoms with E-state index in [-0.39, 0.29) is 18.0 Å². The summed E-state index contributed by atoms with van der Waals surface area (Å²) in [6, 6.07) is 5.79. The molecule has 0 saturated heterocycles. The van der Waals surface area contributed by atoms with Gasteiger partial charge in [-0.2, -0.15) is 0 Å². The minimum atomic E-state index is -3.52. The second-order valence-electron chi connectivity index (χ2n) is 3.10. The molecule has 3 N–H and O–H groups in total. The summed E-state index contributed by atoms with van der Waals surface area (Å²) in [5.74, 6) is -0.226. The van der Waals surface area contributed by atoms with E-state index in [1.165, 1.54) is 18.2 Å². The van der Waals surface area contributed by atoms with Crippen LogP contribution in [0.25, 0.3) is 0 Å². The Hall–Kier alpha value is -1.67. The van der Waals surface area contributed by atoms with Gasteiger partial charge in [0.2, 0.25) is 10.0 Å². The van der Waals surface area contributed by atoms with Crippen LogP contribution in [-0.2, 0) is 10.0 Å². The third kappa shape index (κ3) is 4.24. The van der Waals surface area contributed by atoms with Gasteiger partial charge in [-0.3, -0.25) is 10.1 Å². The quantitative estimate of drug-likeness (QED) is 0.571. The van der Waals surface area contributed by atoms with Gasteiger partial charge < -0.3 is 5.32 Å². The molecule has 0 aromatic heterocycles. The number of benzene rings is 1. The molecule has 8 heteroatoms. The van der Waals surface area contributed by atoms with Crippen molar-refractivity contribution in [2.75, 3.05) is 17.6 Å². The molecule has 0 amide bonds. The maximum atomic E-state index is 10.6. The Kier molecular flexibility index (Phi) is 3.80. The molecule has 0 bridgehead atoms. The van der Waals surface area contributed by atoms with Gasteiger partial charge in [0.25, 0.3) is 5.69 Å². The summed E-state index contributed by atoms with van der Waals surface area (Å²) in [5, 5.41) is 18.0. The van der Waals surface area contributed by atoms with Crippen molar-refractivity contribution in [2.24, 2.45) is 5.14 Å². The van der Waals surface area contributed by atoms with Crippen LogP contribution < -0.4 is 10.5 Å². The number of nitrogens with zero attached hydrogens (tertiary/aromatic N) is 1. The van der Waals surface area contributed by atoms with E-state index in [1.54, 1.807) is 6.07 Å². The number of nitro groups is 1. The van der Waals surface area contributed by atoms with Gasteiger partial charge in [-0.25, -0.2) is 13.6 Å². The van der Waals surface area contributed by atoms with E-state index in [4.69, 9.17) is 5.14 Å². The van der Waals surface area contributed by atoms with E-state index in [2.05, 4.69) is 5.32 Å². The number of non-ortho nitro benzene ring substituents is 1. The number of anilines is 1. The molecule has 16 heavy (non-hydrogen) atoms. The predicted molar refractivity (Wildman–Crippen MR) is 59.6 cm³/mol. The van der Waals surface area contributed by atoms with Crippen LogP contribution in [0.3, 0.4) is 0 Å². The molecule has 0 saturated carbocycles. The van der Waals surface area contributed by atoms with Crippen LogP contribution >= 0.6 is 0 Å². The minimum Gasteiger partial charge on any atom is -0.384 e. The number of hydrogen-bond donors (Lipinski definition) is 2. The van der Waals surface area contributed by atoms with Crippen LogP contribution in [0.1, 0.15) is 0 Å². The highest BCUT2D eigenvalue weighted by Gasteiger charge is 2.06. The van der Waals surface area contributed by atoms with Crippen molar-refractivity contribution in [3.05, 3.63) is 34.4 Å². The zero-order valence-electron chi connectivity index (χ0n) is 8.29. The summed E-state index contributed by atoms with van der Waals surface area (Å²) in [6.45, 7) is 0.111. The average molecular weight is 245 g/mol. The number of sulfonamides is 1. The van der Waals surface area contributed by atoms with Gasteiger partial charge in [0.1, 0.15) is 0 Å². The Balaban J connectivity index is 2.61. The van der Waals surface area contributed by atoms with Crippen molar-refractivity contribution in [1.29, 1.82) is 0 Å². The van der Waals surface area contributed by atoms with Crippen molar-refractivity contribution in [2.45, 2.75) is 0 Å². The number of nitrogens with one attached hydrogen (secondary N) is 1. The van der Waals surface area contributed by atoms with Gasteiger partial charge in [0.15, 0.2) is 0 Å². The molecule has 7 nitrogen and oxygen atoms in total. The number of rotatable bonds is 5. The van der Waals surface area contributed by atoms with Crippen LogP contribution in [0.15, 0.2) is 24.3 Å². The summed E-state index contributed by atoms with van der Waals surface area (Å²) >= 11 is 0. The monoisotopic (exact) mass is 245 g/mol. The fourth-order valence-electron chi connectivity index (χ4n) is 1.07. The summed E-state index contributed by atoms with van der Waals surface area (Å²) in [6.07, 6.45) is 0. The molecule has 0 aliphatic carbocycles. The van der Waals surface area contributed by atoms with Crippen molar-refractivity contribution in [3.63, 3.8) is 0 Å². The molecule has 1 aromatic rings. The van der Waals surface area contributed by atoms with Crippen molar-refractivity contribution in [3.8, 4) is 0 Å². The molecule has 1 rings (SSSR count). The predicted octanol–water partition coefficient (Wildman–Crippen LogP) is 0.295. The molecule has 0 aliphatic heterocycles. The third-order valence-electron chi connectivity index (χ3n) is 1.77. The molecule has 0 heterocycles. The minimum absolute atomic E-state index is 0.0550. The highest BCUT2D eigenvalue weighted by Crippen LogP contribution is 2.16. The summed E-state index contributed by atoms with van der Waals surface area (Å²) < 4.78 is 21.3. The normalized spacial score (nSPS) is 11.1. The fourth-order valence-corrected chi connectivity index (χ4v) is 1.45. The van der Waals surface area contributed by atoms with E-state index in [0.29, 0.717) is 5.69 Å². The molecule has 0 radical (unpaired) electrons. The van der Waals surface area contributed by atoms with Gasteiger partial charge in [0.05, 0.1) is 10.7 Å². The molecule has 0 spiro atoms. The van der Waals surface area contributed by atoms with E-state index in [1.807, 2.05) is 0 Å². The topological polar surface area (TPSA) is 115 Å². The first kappa shape index (κ1) is 12.4. The lowest BCUT2D eigenvalue weighted by Gasteiger charge is -2.04. The van der Waals surface area contributed by atoms with Gasteiger partial charge in [0, 0.05) is 24.4 Å². The zero-order valence-corrected chi connectivity index (χ0v) is 9.11. The molecule has 1 aromatic carbocycles. The smallest absolute Gasteiger partial charge is 0.271 e. The molecule has 0 aliphatic rings. The maximum Gasteiger partial charge on any atom is 0.271 e. The SMILES string of the molecule is NS(=O)(=O)CCNc1cccc([N+](=O)[O-])c1. The Labute approximate surface area is 92.5 Å². The van der Waals surface area contributed by atoms with Gasteiger partial charge in [-0.1, -0.05) is 6.07 Å². The Morgan fingerprint density at radius 3 is 2.69 bits per heavy atom. The average Bonchev–Trinajstić information content (AvgIpc) is 2.16. The van der Waals surface area contributed by atoms with Crippen molar-refractivity contribution < 1.29 is 13.3 Å². The maximum absolute atomic E-state index is 10.6. The lowest BCUT2D eigenvalue weighted by molar-refractivity contribution is -0.384. The Morgan fingerprint density at radius 2 is 2.12 bits per heavy atom. The largest absolute Gasteiger partial charge is 0.384 e. The highest BCUT2D eigenvalue weighted by atomic mass is 32.2. The summed E-state index contributed by atoms with van der Waals surface area (Å²) in [4.78, 5) is 9.93. The third-order valence-corrected chi connectivity index (χ3v) is 2.55. The van der Waals surface area contributed by atoms with E-state index >= 15 is 0 Å². The molecule has 0 atom stereocenters. The second kappa shape index (κ2) is 4.90. The molecular weight excluding hydrogens is 234 g/mol. The van der Waals surface area contributed by atoms with Gasteiger partial charge in [-0.15, -0.1) is 0 Å². The lowest BCUT2D eigenvalue weighted by Crippen LogP contribution is -2.22. The van der Waals surface area contributed by atoms with Crippen LogP contribution in [-0.4, -0.2) is 25.6 Å². The van der Waals surface area contributed by atoms with Crippen LogP contribution in [0, 0.1) is 10.1 Å². The van der Waals surface area contributed by atoms with E-state index in [0.717, 1.165) is 0 Å². The Morgan fingerprint density at radius 1 is 1.44 bits per heavy atom. The summed E-state index contributed by atoms with van der Waals surface area (Å²) in [5.41, 5.74) is 0.429. The number of nitro benzene ring substituents is 1. The fraction of sp³-hybridized carbons (Fsp3) is 0.250. The van der Waals surface area contributed by atoms with E-state index in [9.17, 15) is 18.5 Å². The second-order valence-corrected chi connectivity index (χ2v) is 4.84. The molecule has 0 unspecified atom stereocenters.